The van der Waals surface area contributed by atoms with Crippen molar-refractivity contribution in [3.05, 3.63) is 47.3 Å². The number of fused-ring (bicyclic) bond motifs is 1. The summed E-state index contributed by atoms with van der Waals surface area (Å²) in [6.07, 6.45) is 2.74. The number of benzene rings is 1. The summed E-state index contributed by atoms with van der Waals surface area (Å²) in [5.74, 6) is 0.816. The molecule has 0 fully saturated rings. The molecule has 0 bridgehead atoms. The van der Waals surface area contributed by atoms with E-state index < -0.39 is 0 Å². The van der Waals surface area contributed by atoms with Crippen molar-refractivity contribution in [1.82, 2.24) is 14.7 Å². The zero-order chi connectivity index (χ0) is 16.6. The standard InChI is InChI=1S/C18H23N3O2/c1-18(2,3)21-16-9-10-20(12-14(16)11-19-21)17(22)13-5-7-15(23-4)8-6-13/h5-8,11H,9-10,12H2,1-4H3. The summed E-state index contributed by atoms with van der Waals surface area (Å²) in [4.78, 5) is 14.6. The Morgan fingerprint density at radius 1 is 1.22 bits per heavy atom. The quantitative estimate of drug-likeness (QED) is 0.856. The highest BCUT2D eigenvalue weighted by molar-refractivity contribution is 5.94. The monoisotopic (exact) mass is 313 g/mol. The van der Waals surface area contributed by atoms with Gasteiger partial charge in [0.05, 0.1) is 18.8 Å². The second kappa shape index (κ2) is 5.72. The number of ether oxygens (including phenoxy) is 1. The lowest BCUT2D eigenvalue weighted by Gasteiger charge is -2.30. The number of hydrogen-bond acceptors (Lipinski definition) is 3. The van der Waals surface area contributed by atoms with Crippen LogP contribution < -0.4 is 4.74 Å². The number of nitrogens with zero attached hydrogens (tertiary/aromatic N) is 3. The second-order valence-electron chi connectivity index (χ2n) is 6.90. The van der Waals surface area contributed by atoms with E-state index in [9.17, 15) is 4.79 Å². The summed E-state index contributed by atoms with van der Waals surface area (Å²) >= 11 is 0. The third-order valence-electron chi connectivity index (χ3n) is 4.19. The van der Waals surface area contributed by atoms with E-state index in [0.717, 1.165) is 24.3 Å². The Kier molecular flexibility index (Phi) is 3.88. The Labute approximate surface area is 136 Å². The van der Waals surface area contributed by atoms with Crippen LogP contribution >= 0.6 is 0 Å². The van der Waals surface area contributed by atoms with Crippen LogP contribution in [-0.2, 0) is 18.5 Å². The number of carbonyl (C=O) groups excluding carboxylic acids is 1. The van der Waals surface area contributed by atoms with Crippen molar-refractivity contribution >= 4 is 5.91 Å². The molecular formula is C18H23N3O2. The van der Waals surface area contributed by atoms with Gasteiger partial charge in [0.2, 0.25) is 0 Å². The van der Waals surface area contributed by atoms with E-state index in [1.807, 2.05) is 35.4 Å². The number of carbonyl (C=O) groups is 1. The maximum atomic E-state index is 12.7. The molecule has 0 saturated carbocycles. The van der Waals surface area contributed by atoms with Crippen molar-refractivity contribution in [1.29, 1.82) is 0 Å². The molecule has 0 radical (unpaired) electrons. The van der Waals surface area contributed by atoms with Crippen molar-refractivity contribution in [3.63, 3.8) is 0 Å². The van der Waals surface area contributed by atoms with Gasteiger partial charge < -0.3 is 9.64 Å². The largest absolute Gasteiger partial charge is 0.497 e. The topological polar surface area (TPSA) is 47.4 Å². The minimum absolute atomic E-state index is 0.0320. The molecule has 0 N–H and O–H groups in total. The highest BCUT2D eigenvalue weighted by Crippen LogP contribution is 2.25. The summed E-state index contributed by atoms with van der Waals surface area (Å²) in [7, 11) is 1.62. The number of methoxy groups -OCH3 is 1. The molecule has 5 nitrogen and oxygen atoms in total. The van der Waals surface area contributed by atoms with E-state index in [0.29, 0.717) is 12.1 Å². The van der Waals surface area contributed by atoms with Crippen molar-refractivity contribution in [2.45, 2.75) is 39.3 Å². The first-order chi connectivity index (χ1) is 10.9. The molecule has 1 aliphatic rings. The van der Waals surface area contributed by atoms with Gasteiger partial charge in [-0.2, -0.15) is 5.10 Å². The van der Waals surface area contributed by atoms with Gasteiger partial charge in [0, 0.05) is 36.3 Å². The molecule has 3 rings (SSSR count). The van der Waals surface area contributed by atoms with E-state index in [1.165, 1.54) is 5.69 Å². The van der Waals surface area contributed by atoms with Gasteiger partial charge in [-0.15, -0.1) is 0 Å². The normalized spacial score (nSPS) is 14.5. The van der Waals surface area contributed by atoms with Gasteiger partial charge in [0.15, 0.2) is 0 Å². The van der Waals surface area contributed by atoms with Gasteiger partial charge in [-0.1, -0.05) is 0 Å². The molecule has 2 heterocycles. The van der Waals surface area contributed by atoms with E-state index in [-0.39, 0.29) is 11.4 Å². The van der Waals surface area contributed by atoms with Crippen LogP contribution in [0.2, 0.25) is 0 Å². The van der Waals surface area contributed by atoms with Gasteiger partial charge in [-0.25, -0.2) is 0 Å². The Morgan fingerprint density at radius 3 is 2.52 bits per heavy atom. The van der Waals surface area contributed by atoms with Gasteiger partial charge in [0.1, 0.15) is 5.75 Å². The minimum Gasteiger partial charge on any atom is -0.497 e. The molecule has 0 unspecified atom stereocenters. The fourth-order valence-electron chi connectivity index (χ4n) is 3.00. The average molecular weight is 313 g/mol. The lowest BCUT2D eigenvalue weighted by molar-refractivity contribution is 0.0732. The summed E-state index contributed by atoms with van der Waals surface area (Å²) < 4.78 is 7.22. The van der Waals surface area contributed by atoms with Crippen LogP contribution in [0.4, 0.5) is 0 Å². The third kappa shape index (κ3) is 2.96. The van der Waals surface area contributed by atoms with E-state index in [2.05, 4.69) is 30.6 Å². The SMILES string of the molecule is COc1ccc(C(=O)N2CCc3c(cnn3C(C)(C)C)C2)cc1. The molecule has 0 atom stereocenters. The molecule has 0 saturated heterocycles. The van der Waals surface area contributed by atoms with Crippen LogP contribution in [0.5, 0.6) is 5.75 Å². The molecule has 5 heteroatoms. The summed E-state index contributed by atoms with van der Waals surface area (Å²) in [6, 6.07) is 7.27. The first-order valence-corrected chi connectivity index (χ1v) is 7.90. The molecule has 0 aliphatic carbocycles. The Bertz CT molecular complexity index is 711. The summed E-state index contributed by atoms with van der Waals surface area (Å²) in [6.45, 7) is 7.79. The van der Waals surface area contributed by atoms with Gasteiger partial charge in [-0.3, -0.25) is 9.48 Å². The van der Waals surface area contributed by atoms with Crippen molar-refractivity contribution < 1.29 is 9.53 Å². The van der Waals surface area contributed by atoms with Crippen LogP contribution in [-0.4, -0.2) is 34.2 Å². The lowest BCUT2D eigenvalue weighted by atomic mass is 10.0. The van der Waals surface area contributed by atoms with Gasteiger partial charge >= 0.3 is 0 Å². The first kappa shape index (κ1) is 15.6. The number of rotatable bonds is 2. The number of aromatic nitrogens is 2. The maximum absolute atomic E-state index is 12.7. The molecule has 1 amide bonds. The Morgan fingerprint density at radius 2 is 1.91 bits per heavy atom. The maximum Gasteiger partial charge on any atom is 0.254 e. The van der Waals surface area contributed by atoms with E-state index >= 15 is 0 Å². The molecule has 122 valence electrons. The average Bonchev–Trinajstić information content (AvgIpc) is 2.97. The summed E-state index contributed by atoms with van der Waals surface area (Å²) in [5, 5.41) is 4.52. The zero-order valence-corrected chi connectivity index (χ0v) is 14.2. The number of amides is 1. The van der Waals surface area contributed by atoms with Gasteiger partial charge in [0.25, 0.3) is 5.91 Å². The number of hydrogen-bond donors (Lipinski definition) is 0. The molecule has 1 aromatic heterocycles. The third-order valence-corrected chi connectivity index (χ3v) is 4.19. The van der Waals surface area contributed by atoms with Crippen molar-refractivity contribution in [2.24, 2.45) is 0 Å². The highest BCUT2D eigenvalue weighted by atomic mass is 16.5. The summed E-state index contributed by atoms with van der Waals surface area (Å²) in [5.41, 5.74) is 3.05. The predicted octanol–water partition coefficient (Wildman–Crippen LogP) is 2.85. The molecule has 23 heavy (non-hydrogen) atoms. The molecule has 0 spiro atoms. The lowest BCUT2D eigenvalue weighted by Crippen LogP contribution is -2.37. The second-order valence-corrected chi connectivity index (χ2v) is 6.90. The molecule has 1 aromatic carbocycles. The van der Waals surface area contributed by atoms with Crippen LogP contribution in [0, 0.1) is 0 Å². The Balaban J connectivity index is 1.79. The van der Waals surface area contributed by atoms with Crippen LogP contribution in [0.1, 0.15) is 42.4 Å². The Hall–Kier alpha value is -2.30. The minimum atomic E-state index is -0.0320. The predicted molar refractivity (Wildman–Crippen MR) is 88.7 cm³/mol. The fraction of sp³-hybridized carbons (Fsp3) is 0.444. The zero-order valence-electron chi connectivity index (χ0n) is 14.2. The van der Waals surface area contributed by atoms with Crippen molar-refractivity contribution in [3.8, 4) is 5.75 Å². The smallest absolute Gasteiger partial charge is 0.254 e. The van der Waals surface area contributed by atoms with Gasteiger partial charge in [-0.05, 0) is 45.0 Å². The van der Waals surface area contributed by atoms with E-state index in [4.69, 9.17) is 4.74 Å². The van der Waals surface area contributed by atoms with E-state index in [1.54, 1.807) is 7.11 Å². The van der Waals surface area contributed by atoms with Crippen LogP contribution in [0.3, 0.4) is 0 Å². The van der Waals surface area contributed by atoms with Crippen LogP contribution in [0.15, 0.2) is 30.5 Å². The molecule has 1 aliphatic heterocycles. The molecular weight excluding hydrogens is 290 g/mol. The fourth-order valence-corrected chi connectivity index (χ4v) is 3.00. The first-order valence-electron chi connectivity index (χ1n) is 7.90. The molecule has 2 aromatic rings. The van der Waals surface area contributed by atoms with Crippen molar-refractivity contribution in [2.75, 3.05) is 13.7 Å². The highest BCUT2D eigenvalue weighted by Gasteiger charge is 2.27. The van der Waals surface area contributed by atoms with Crippen LogP contribution in [0.25, 0.3) is 0 Å².